The van der Waals surface area contributed by atoms with E-state index in [4.69, 9.17) is 0 Å². The third-order valence-electron chi connectivity index (χ3n) is 6.06. The van der Waals surface area contributed by atoms with Gasteiger partial charge in [0.15, 0.2) is 0 Å². The molecule has 3 amide bonds. The van der Waals surface area contributed by atoms with E-state index in [9.17, 15) is 9.59 Å². The van der Waals surface area contributed by atoms with Gasteiger partial charge in [-0.3, -0.25) is 4.79 Å². The van der Waals surface area contributed by atoms with Gasteiger partial charge in [0.1, 0.15) is 0 Å². The molecule has 1 atom stereocenters. The van der Waals surface area contributed by atoms with Gasteiger partial charge in [-0.2, -0.15) is 0 Å². The van der Waals surface area contributed by atoms with Gasteiger partial charge in [0.25, 0.3) is 0 Å². The highest BCUT2D eigenvalue weighted by Crippen LogP contribution is 2.32. The molecule has 0 saturated carbocycles. The molecule has 0 bridgehead atoms. The molecule has 5 nitrogen and oxygen atoms in total. The first-order valence-corrected chi connectivity index (χ1v) is 9.62. The number of carbonyl (C=O) groups is 2. The van der Waals surface area contributed by atoms with Crippen molar-refractivity contribution in [1.29, 1.82) is 0 Å². The van der Waals surface area contributed by atoms with Crippen molar-refractivity contribution in [3.8, 4) is 0 Å². The molecular weight excluding hydrogens is 314 g/mol. The molecule has 2 aliphatic heterocycles. The Balaban J connectivity index is 1.25. The standard InChI is InChI=1S/C20H27N3O2/c24-19-6-3-11-23(19)17-9-12-22(13-10-17)20(25)21-14-16-8-7-15-4-1-2-5-18(15)16/h1-2,4-5,16-17H,3,6-14H2,(H,21,25). The normalized spacial score (nSPS) is 23.8. The van der Waals surface area contributed by atoms with Crippen LogP contribution in [0.3, 0.4) is 0 Å². The fraction of sp³-hybridized carbons (Fsp3) is 0.600. The molecule has 2 saturated heterocycles. The van der Waals surface area contributed by atoms with E-state index in [1.807, 2.05) is 9.80 Å². The van der Waals surface area contributed by atoms with Crippen LogP contribution in [0.2, 0.25) is 0 Å². The summed E-state index contributed by atoms with van der Waals surface area (Å²) in [5, 5.41) is 3.13. The Bertz CT molecular complexity index is 652. The van der Waals surface area contributed by atoms with Crippen LogP contribution in [0.4, 0.5) is 4.79 Å². The quantitative estimate of drug-likeness (QED) is 0.918. The molecule has 3 aliphatic rings. The molecule has 25 heavy (non-hydrogen) atoms. The predicted octanol–water partition coefficient (Wildman–Crippen LogP) is 2.51. The van der Waals surface area contributed by atoms with Gasteiger partial charge in [-0.25, -0.2) is 4.79 Å². The Morgan fingerprint density at radius 3 is 2.64 bits per heavy atom. The average Bonchev–Trinajstić information content (AvgIpc) is 3.26. The first kappa shape index (κ1) is 16.4. The molecule has 2 fully saturated rings. The third-order valence-corrected chi connectivity index (χ3v) is 6.06. The van der Waals surface area contributed by atoms with Gasteiger partial charge in [0.2, 0.25) is 5.91 Å². The van der Waals surface area contributed by atoms with Crippen LogP contribution in [0.1, 0.15) is 49.1 Å². The van der Waals surface area contributed by atoms with Crippen LogP contribution in [-0.4, -0.2) is 54.0 Å². The predicted molar refractivity (Wildman–Crippen MR) is 96.4 cm³/mol. The van der Waals surface area contributed by atoms with E-state index in [2.05, 4.69) is 29.6 Å². The van der Waals surface area contributed by atoms with E-state index >= 15 is 0 Å². The topological polar surface area (TPSA) is 52.7 Å². The molecule has 0 radical (unpaired) electrons. The van der Waals surface area contributed by atoms with Crippen molar-refractivity contribution in [2.75, 3.05) is 26.2 Å². The number of benzene rings is 1. The number of aryl methyl sites for hydroxylation is 1. The first-order chi connectivity index (χ1) is 12.2. The molecule has 1 aromatic carbocycles. The molecule has 1 N–H and O–H groups in total. The van der Waals surface area contributed by atoms with Crippen molar-refractivity contribution in [2.45, 2.75) is 50.5 Å². The summed E-state index contributed by atoms with van der Waals surface area (Å²) in [5.74, 6) is 0.739. The molecule has 1 unspecified atom stereocenters. The lowest BCUT2D eigenvalue weighted by Crippen LogP contribution is -2.50. The minimum absolute atomic E-state index is 0.0515. The third kappa shape index (κ3) is 3.37. The summed E-state index contributed by atoms with van der Waals surface area (Å²) in [4.78, 5) is 28.3. The smallest absolute Gasteiger partial charge is 0.317 e. The lowest BCUT2D eigenvalue weighted by atomic mass is 10.0. The Kier molecular flexibility index (Phi) is 4.64. The number of likely N-dealkylation sites (tertiary alicyclic amines) is 2. The van der Waals surface area contributed by atoms with E-state index in [-0.39, 0.29) is 6.03 Å². The van der Waals surface area contributed by atoms with Crippen molar-refractivity contribution in [3.05, 3.63) is 35.4 Å². The molecule has 134 valence electrons. The number of nitrogens with one attached hydrogen (secondary N) is 1. The van der Waals surface area contributed by atoms with Crippen LogP contribution in [-0.2, 0) is 11.2 Å². The molecule has 1 aromatic rings. The highest BCUT2D eigenvalue weighted by Gasteiger charge is 2.32. The van der Waals surface area contributed by atoms with Crippen LogP contribution in [0.5, 0.6) is 0 Å². The number of hydrogen-bond donors (Lipinski definition) is 1. The van der Waals surface area contributed by atoms with Gasteiger partial charge in [0, 0.05) is 44.6 Å². The van der Waals surface area contributed by atoms with Crippen LogP contribution in [0, 0.1) is 0 Å². The highest BCUT2D eigenvalue weighted by atomic mass is 16.2. The van der Waals surface area contributed by atoms with Crippen molar-refractivity contribution in [3.63, 3.8) is 0 Å². The second-order valence-electron chi connectivity index (χ2n) is 7.53. The van der Waals surface area contributed by atoms with Gasteiger partial charge >= 0.3 is 6.03 Å². The van der Waals surface area contributed by atoms with Gasteiger partial charge in [-0.15, -0.1) is 0 Å². The zero-order valence-corrected chi connectivity index (χ0v) is 14.7. The number of fused-ring (bicyclic) bond motifs is 1. The fourth-order valence-corrected chi connectivity index (χ4v) is 4.62. The van der Waals surface area contributed by atoms with Crippen LogP contribution >= 0.6 is 0 Å². The number of nitrogens with zero attached hydrogens (tertiary/aromatic N) is 2. The maximum atomic E-state index is 12.5. The monoisotopic (exact) mass is 341 g/mol. The van der Waals surface area contributed by atoms with Gasteiger partial charge in [0.05, 0.1) is 0 Å². The molecule has 0 spiro atoms. The fourth-order valence-electron chi connectivity index (χ4n) is 4.62. The zero-order chi connectivity index (χ0) is 17.2. The van der Waals surface area contributed by atoms with Crippen molar-refractivity contribution >= 4 is 11.9 Å². The van der Waals surface area contributed by atoms with Gasteiger partial charge in [-0.1, -0.05) is 24.3 Å². The van der Waals surface area contributed by atoms with Gasteiger partial charge < -0.3 is 15.1 Å². The highest BCUT2D eigenvalue weighted by molar-refractivity contribution is 5.78. The summed E-state index contributed by atoms with van der Waals surface area (Å²) in [7, 11) is 0. The van der Waals surface area contributed by atoms with Gasteiger partial charge in [-0.05, 0) is 43.2 Å². The minimum Gasteiger partial charge on any atom is -0.340 e. The van der Waals surface area contributed by atoms with Crippen LogP contribution in [0.15, 0.2) is 24.3 Å². The Morgan fingerprint density at radius 2 is 1.88 bits per heavy atom. The molecular formula is C20H27N3O2. The van der Waals surface area contributed by atoms with E-state index in [1.165, 1.54) is 11.1 Å². The summed E-state index contributed by atoms with van der Waals surface area (Å²) < 4.78 is 0. The molecule has 1 aliphatic carbocycles. The van der Waals surface area contributed by atoms with E-state index in [0.717, 1.165) is 58.3 Å². The second-order valence-corrected chi connectivity index (χ2v) is 7.53. The maximum absolute atomic E-state index is 12.5. The summed E-state index contributed by atoms with van der Waals surface area (Å²) in [6, 6.07) is 8.95. The Morgan fingerprint density at radius 1 is 1.08 bits per heavy atom. The summed E-state index contributed by atoms with van der Waals surface area (Å²) in [6.07, 6.45) is 5.74. The number of amides is 3. The number of carbonyl (C=O) groups excluding carboxylic acids is 2. The van der Waals surface area contributed by atoms with Crippen molar-refractivity contribution in [2.24, 2.45) is 0 Å². The number of rotatable bonds is 3. The molecule has 2 heterocycles. The average molecular weight is 341 g/mol. The lowest BCUT2D eigenvalue weighted by molar-refractivity contribution is -0.130. The van der Waals surface area contributed by atoms with Crippen LogP contribution in [0.25, 0.3) is 0 Å². The van der Waals surface area contributed by atoms with Crippen LogP contribution < -0.4 is 5.32 Å². The van der Waals surface area contributed by atoms with Crippen molar-refractivity contribution < 1.29 is 9.59 Å². The number of hydrogen-bond acceptors (Lipinski definition) is 2. The molecule has 5 heteroatoms. The SMILES string of the molecule is O=C(NCC1CCc2ccccc21)N1CCC(N2CCCC2=O)CC1. The lowest BCUT2D eigenvalue weighted by Gasteiger charge is -2.36. The number of piperidine rings is 1. The second kappa shape index (κ2) is 7.06. The van der Waals surface area contributed by atoms with E-state index in [1.54, 1.807) is 0 Å². The number of urea groups is 1. The molecule has 0 aromatic heterocycles. The zero-order valence-electron chi connectivity index (χ0n) is 14.7. The molecule has 4 rings (SSSR count). The summed E-state index contributed by atoms with van der Waals surface area (Å²) in [6.45, 7) is 3.13. The van der Waals surface area contributed by atoms with E-state index in [0.29, 0.717) is 24.3 Å². The minimum atomic E-state index is 0.0515. The Hall–Kier alpha value is -2.04. The van der Waals surface area contributed by atoms with Crippen molar-refractivity contribution in [1.82, 2.24) is 15.1 Å². The maximum Gasteiger partial charge on any atom is 0.317 e. The van der Waals surface area contributed by atoms with E-state index < -0.39 is 0 Å². The summed E-state index contributed by atoms with van der Waals surface area (Å²) in [5.41, 5.74) is 2.83. The largest absolute Gasteiger partial charge is 0.340 e. The Labute approximate surface area is 149 Å². The summed E-state index contributed by atoms with van der Waals surface area (Å²) >= 11 is 0. The first-order valence-electron chi connectivity index (χ1n) is 9.62.